The van der Waals surface area contributed by atoms with E-state index < -0.39 is 5.69 Å². The average Bonchev–Trinajstić information content (AvgIpc) is 3.08. The van der Waals surface area contributed by atoms with E-state index in [0.717, 1.165) is 36.9 Å². The summed E-state index contributed by atoms with van der Waals surface area (Å²) in [6.07, 6.45) is 6.11. The Morgan fingerprint density at radius 1 is 1.08 bits per heavy atom. The Kier molecular flexibility index (Phi) is 4.38. The first-order valence-corrected chi connectivity index (χ1v) is 8.68. The number of halogens is 1. The molecule has 2 heterocycles. The summed E-state index contributed by atoms with van der Waals surface area (Å²) < 4.78 is 15.4. The van der Waals surface area contributed by atoms with Crippen molar-refractivity contribution in [2.24, 2.45) is 0 Å². The number of nitrogens with zero attached hydrogens (tertiary/aromatic N) is 3. The monoisotopic (exact) mass is 354 g/mol. The largest absolute Gasteiger partial charge is 0.393 e. The number of aromatic amines is 1. The van der Waals surface area contributed by atoms with Crippen LogP contribution in [0.1, 0.15) is 31.7 Å². The zero-order chi connectivity index (χ0) is 18.1. The Hall–Kier alpha value is -2.80. The third kappa shape index (κ3) is 3.17. The highest BCUT2D eigenvalue weighted by atomic mass is 19.1. The fourth-order valence-corrected chi connectivity index (χ4v) is 3.57. The molecule has 0 amide bonds. The van der Waals surface area contributed by atoms with Crippen molar-refractivity contribution >= 4 is 0 Å². The number of rotatable bonds is 3. The van der Waals surface area contributed by atoms with E-state index in [9.17, 15) is 14.3 Å². The van der Waals surface area contributed by atoms with Crippen molar-refractivity contribution in [3.8, 4) is 22.6 Å². The molecule has 2 N–H and O–H groups in total. The van der Waals surface area contributed by atoms with Crippen LogP contribution in [-0.2, 0) is 0 Å². The SMILES string of the molecule is O=c1nccc(-c2c(-c3ccc(F)cc3)ncn2C2CCC(O)CC2)[nH]1. The molecule has 134 valence electrons. The van der Waals surface area contributed by atoms with Gasteiger partial charge in [0.25, 0.3) is 0 Å². The summed E-state index contributed by atoms with van der Waals surface area (Å²) in [6.45, 7) is 0. The van der Waals surface area contributed by atoms with Crippen LogP contribution in [0.4, 0.5) is 4.39 Å². The van der Waals surface area contributed by atoms with Gasteiger partial charge in [-0.15, -0.1) is 0 Å². The van der Waals surface area contributed by atoms with Gasteiger partial charge in [-0.1, -0.05) is 0 Å². The van der Waals surface area contributed by atoms with Crippen LogP contribution in [0.15, 0.2) is 47.7 Å². The molecule has 1 fully saturated rings. The van der Waals surface area contributed by atoms with Crippen LogP contribution >= 0.6 is 0 Å². The molecular weight excluding hydrogens is 335 g/mol. The Labute approximate surface area is 149 Å². The smallest absolute Gasteiger partial charge is 0.345 e. The van der Waals surface area contributed by atoms with Gasteiger partial charge < -0.3 is 14.7 Å². The molecule has 3 aromatic rings. The molecule has 0 atom stereocenters. The van der Waals surface area contributed by atoms with Gasteiger partial charge in [0.15, 0.2) is 0 Å². The van der Waals surface area contributed by atoms with E-state index in [1.807, 2.05) is 0 Å². The second kappa shape index (κ2) is 6.84. The highest BCUT2D eigenvalue weighted by molar-refractivity contribution is 5.76. The van der Waals surface area contributed by atoms with Crippen LogP contribution in [0.3, 0.4) is 0 Å². The molecule has 0 saturated heterocycles. The number of hydrogen-bond donors (Lipinski definition) is 2. The standard InChI is InChI=1S/C19H19FN4O2/c20-13-3-1-12(2-4-13)17-18(16-9-10-21-19(26)23-16)24(11-22-17)14-5-7-15(25)8-6-14/h1-4,9-11,14-15,25H,5-8H2,(H,21,23,26). The highest BCUT2D eigenvalue weighted by Gasteiger charge is 2.25. The van der Waals surface area contributed by atoms with Crippen LogP contribution in [0.2, 0.25) is 0 Å². The van der Waals surface area contributed by atoms with Crippen LogP contribution in [0, 0.1) is 5.82 Å². The Balaban J connectivity index is 1.84. The number of H-pyrrole nitrogens is 1. The first-order valence-electron chi connectivity index (χ1n) is 8.68. The Morgan fingerprint density at radius 2 is 1.81 bits per heavy atom. The molecule has 0 bridgehead atoms. The molecule has 1 aliphatic carbocycles. The zero-order valence-corrected chi connectivity index (χ0v) is 14.1. The molecule has 2 aromatic heterocycles. The molecule has 7 heteroatoms. The van der Waals surface area contributed by atoms with E-state index >= 15 is 0 Å². The third-order valence-electron chi connectivity index (χ3n) is 4.90. The lowest BCUT2D eigenvalue weighted by Gasteiger charge is -2.28. The number of imidazole rings is 1. The van der Waals surface area contributed by atoms with Gasteiger partial charge in [0.2, 0.25) is 0 Å². The third-order valence-corrected chi connectivity index (χ3v) is 4.90. The van der Waals surface area contributed by atoms with Gasteiger partial charge in [0.1, 0.15) is 5.82 Å². The predicted octanol–water partition coefficient (Wildman–Crippen LogP) is 2.92. The minimum atomic E-state index is -0.431. The molecule has 6 nitrogen and oxygen atoms in total. The molecule has 0 spiro atoms. The second-order valence-corrected chi connectivity index (χ2v) is 6.61. The molecule has 26 heavy (non-hydrogen) atoms. The number of aliphatic hydroxyl groups is 1. The molecule has 1 aliphatic rings. The average molecular weight is 354 g/mol. The van der Waals surface area contributed by atoms with Crippen LogP contribution < -0.4 is 5.69 Å². The summed E-state index contributed by atoms with van der Waals surface area (Å²) in [6, 6.07) is 8.06. The van der Waals surface area contributed by atoms with Crippen molar-refractivity contribution < 1.29 is 9.50 Å². The van der Waals surface area contributed by atoms with E-state index in [4.69, 9.17) is 0 Å². The van der Waals surface area contributed by atoms with Gasteiger partial charge in [-0.2, -0.15) is 0 Å². The minimum Gasteiger partial charge on any atom is -0.393 e. The van der Waals surface area contributed by atoms with Gasteiger partial charge in [-0.25, -0.2) is 19.2 Å². The molecular formula is C19H19FN4O2. The predicted molar refractivity (Wildman–Crippen MR) is 95.0 cm³/mol. The number of hydrogen-bond acceptors (Lipinski definition) is 4. The van der Waals surface area contributed by atoms with Gasteiger partial charge in [-0.05, 0) is 56.0 Å². The lowest BCUT2D eigenvalue weighted by Crippen LogP contribution is -2.21. The minimum absolute atomic E-state index is 0.187. The number of aromatic nitrogens is 4. The topological polar surface area (TPSA) is 83.8 Å². The zero-order valence-electron chi connectivity index (χ0n) is 14.1. The lowest BCUT2D eigenvalue weighted by molar-refractivity contribution is 0.111. The molecule has 0 unspecified atom stereocenters. The maximum absolute atomic E-state index is 13.3. The van der Waals surface area contributed by atoms with E-state index in [2.05, 4.69) is 19.5 Å². The highest BCUT2D eigenvalue weighted by Crippen LogP contribution is 2.36. The fraction of sp³-hybridized carbons (Fsp3) is 0.316. The van der Waals surface area contributed by atoms with Crippen molar-refractivity contribution in [2.45, 2.75) is 37.8 Å². The fourth-order valence-electron chi connectivity index (χ4n) is 3.57. The Morgan fingerprint density at radius 3 is 2.50 bits per heavy atom. The van der Waals surface area contributed by atoms with Gasteiger partial charge in [0, 0.05) is 17.8 Å². The first kappa shape index (κ1) is 16.7. The summed E-state index contributed by atoms with van der Waals surface area (Å²) >= 11 is 0. The quantitative estimate of drug-likeness (QED) is 0.757. The molecule has 1 aromatic carbocycles. The molecule has 0 aliphatic heterocycles. The second-order valence-electron chi connectivity index (χ2n) is 6.61. The van der Waals surface area contributed by atoms with Crippen LogP contribution in [0.5, 0.6) is 0 Å². The van der Waals surface area contributed by atoms with Gasteiger partial charge in [-0.3, -0.25) is 0 Å². The van der Waals surface area contributed by atoms with Crippen molar-refractivity contribution in [1.29, 1.82) is 0 Å². The van der Waals surface area contributed by atoms with Gasteiger partial charge in [0.05, 0.1) is 29.5 Å². The number of aliphatic hydroxyl groups excluding tert-OH is 1. The summed E-state index contributed by atoms with van der Waals surface area (Å²) in [5.74, 6) is -0.312. The maximum atomic E-state index is 13.3. The number of benzene rings is 1. The van der Waals surface area contributed by atoms with Crippen molar-refractivity contribution in [1.82, 2.24) is 19.5 Å². The number of nitrogens with one attached hydrogen (secondary N) is 1. The Bertz CT molecular complexity index is 956. The van der Waals surface area contributed by atoms with Crippen LogP contribution in [-0.4, -0.2) is 30.7 Å². The maximum Gasteiger partial charge on any atom is 0.345 e. The summed E-state index contributed by atoms with van der Waals surface area (Å²) in [7, 11) is 0. The van der Waals surface area contributed by atoms with E-state index in [-0.39, 0.29) is 18.0 Å². The first-order chi connectivity index (χ1) is 12.6. The van der Waals surface area contributed by atoms with Gasteiger partial charge >= 0.3 is 5.69 Å². The van der Waals surface area contributed by atoms with Crippen molar-refractivity contribution in [2.75, 3.05) is 0 Å². The summed E-state index contributed by atoms with van der Waals surface area (Å²) in [5, 5.41) is 9.79. The molecule has 1 saturated carbocycles. The van der Waals surface area contributed by atoms with Crippen molar-refractivity contribution in [3.63, 3.8) is 0 Å². The summed E-state index contributed by atoms with van der Waals surface area (Å²) in [4.78, 5) is 22.7. The van der Waals surface area contributed by atoms with Crippen molar-refractivity contribution in [3.05, 3.63) is 59.2 Å². The normalized spacial score (nSPS) is 20.2. The molecule has 4 rings (SSSR count). The van der Waals surface area contributed by atoms with E-state index in [1.54, 1.807) is 24.5 Å². The summed E-state index contributed by atoms with van der Waals surface area (Å²) in [5.41, 5.74) is 2.41. The van der Waals surface area contributed by atoms with E-state index in [1.165, 1.54) is 18.3 Å². The van der Waals surface area contributed by atoms with Crippen LogP contribution in [0.25, 0.3) is 22.6 Å². The van der Waals surface area contributed by atoms with E-state index in [0.29, 0.717) is 11.4 Å². The lowest BCUT2D eigenvalue weighted by atomic mass is 9.92. The molecule has 0 radical (unpaired) electrons.